The summed E-state index contributed by atoms with van der Waals surface area (Å²) in [6, 6.07) is 3.08. The van der Waals surface area contributed by atoms with E-state index in [1.54, 1.807) is 6.20 Å². The maximum Gasteiger partial charge on any atom is 0.248 e. The van der Waals surface area contributed by atoms with Gasteiger partial charge in [-0.3, -0.25) is 0 Å². The van der Waals surface area contributed by atoms with Gasteiger partial charge in [-0.15, -0.1) is 0 Å². The zero-order valence-corrected chi connectivity index (χ0v) is 14.1. The number of aryl methyl sites for hydroxylation is 1. The minimum atomic E-state index is -4.15. The van der Waals surface area contributed by atoms with Crippen molar-refractivity contribution in [3.05, 3.63) is 48.1 Å². The van der Waals surface area contributed by atoms with Gasteiger partial charge in [-0.05, 0) is 37.8 Å². The zero-order valence-electron chi connectivity index (χ0n) is 13.3. The number of aromatic nitrogens is 2. The Morgan fingerprint density at radius 2 is 1.83 bits per heavy atom. The predicted octanol–water partition coefficient (Wildman–Crippen LogP) is 2.57. The van der Waals surface area contributed by atoms with Crippen LogP contribution in [0.1, 0.15) is 18.7 Å². The average molecular weight is 355 g/mol. The molecule has 3 rings (SSSR count). The number of hydrogen-bond donors (Lipinski definition) is 0. The average Bonchev–Trinajstić information content (AvgIpc) is 2.92. The number of halogens is 2. The molecular weight excluding hydrogens is 336 g/mol. The summed E-state index contributed by atoms with van der Waals surface area (Å²) in [6.07, 6.45) is 4.92. The molecule has 0 amide bonds. The summed E-state index contributed by atoms with van der Waals surface area (Å²) in [5, 5.41) is 0. The van der Waals surface area contributed by atoms with Gasteiger partial charge in [0, 0.05) is 32.0 Å². The lowest BCUT2D eigenvalue weighted by molar-refractivity contribution is 0.251. The molecule has 0 saturated carbocycles. The maximum atomic E-state index is 13.8. The van der Waals surface area contributed by atoms with E-state index in [9.17, 15) is 17.2 Å². The van der Waals surface area contributed by atoms with E-state index in [4.69, 9.17) is 0 Å². The van der Waals surface area contributed by atoms with Crippen LogP contribution in [0.2, 0.25) is 0 Å². The summed E-state index contributed by atoms with van der Waals surface area (Å²) < 4.78 is 55.9. The lowest BCUT2D eigenvalue weighted by Gasteiger charge is -2.31. The van der Waals surface area contributed by atoms with E-state index in [2.05, 4.69) is 4.98 Å². The van der Waals surface area contributed by atoms with E-state index in [1.165, 1.54) is 4.31 Å². The molecule has 1 saturated heterocycles. The van der Waals surface area contributed by atoms with Crippen molar-refractivity contribution < 1.29 is 17.2 Å². The van der Waals surface area contributed by atoms with Crippen LogP contribution in [0.15, 0.2) is 35.5 Å². The molecule has 1 aliphatic rings. The van der Waals surface area contributed by atoms with Crippen molar-refractivity contribution in [1.82, 2.24) is 13.9 Å². The van der Waals surface area contributed by atoms with Gasteiger partial charge in [0.1, 0.15) is 17.5 Å². The molecule has 0 N–H and O–H groups in total. The summed E-state index contributed by atoms with van der Waals surface area (Å²) >= 11 is 0. The first-order valence-electron chi connectivity index (χ1n) is 7.81. The lowest BCUT2D eigenvalue weighted by atomic mass is 9.98. The van der Waals surface area contributed by atoms with Crippen LogP contribution in [-0.4, -0.2) is 35.4 Å². The van der Waals surface area contributed by atoms with Gasteiger partial charge in [-0.1, -0.05) is 6.07 Å². The van der Waals surface area contributed by atoms with Gasteiger partial charge in [-0.25, -0.2) is 22.2 Å². The number of benzene rings is 1. The third-order valence-electron chi connectivity index (χ3n) is 4.47. The van der Waals surface area contributed by atoms with Crippen LogP contribution in [0.3, 0.4) is 0 Å². The molecule has 1 aromatic carbocycles. The highest BCUT2D eigenvalue weighted by molar-refractivity contribution is 7.89. The second-order valence-electron chi connectivity index (χ2n) is 6.03. The van der Waals surface area contributed by atoms with Gasteiger partial charge in [0.05, 0.1) is 0 Å². The Morgan fingerprint density at radius 1 is 1.21 bits per heavy atom. The van der Waals surface area contributed by atoms with Crippen LogP contribution in [0.5, 0.6) is 0 Å². The third-order valence-corrected chi connectivity index (χ3v) is 6.42. The Labute approximate surface area is 140 Å². The number of sulfonamides is 1. The molecule has 5 nitrogen and oxygen atoms in total. The molecule has 130 valence electrons. The minimum absolute atomic E-state index is 0.258. The second-order valence-corrected chi connectivity index (χ2v) is 7.90. The smallest absolute Gasteiger partial charge is 0.248 e. The zero-order chi connectivity index (χ0) is 17.3. The number of imidazole rings is 1. The number of hydrogen-bond acceptors (Lipinski definition) is 3. The Morgan fingerprint density at radius 3 is 2.38 bits per heavy atom. The Bertz CT molecular complexity index is 807. The molecular formula is C16H19F2N3O2S. The Kier molecular flexibility index (Phi) is 4.69. The largest absolute Gasteiger partial charge is 0.335 e. The van der Waals surface area contributed by atoms with Gasteiger partial charge >= 0.3 is 0 Å². The third kappa shape index (κ3) is 3.21. The van der Waals surface area contributed by atoms with Gasteiger partial charge < -0.3 is 4.57 Å². The van der Waals surface area contributed by atoms with Gasteiger partial charge in [-0.2, -0.15) is 4.31 Å². The topological polar surface area (TPSA) is 55.2 Å². The molecule has 0 unspecified atom stereocenters. The second kappa shape index (κ2) is 6.60. The van der Waals surface area contributed by atoms with Crippen LogP contribution >= 0.6 is 0 Å². The first-order chi connectivity index (χ1) is 11.4. The molecule has 1 aliphatic heterocycles. The normalized spacial score (nSPS) is 17.3. The highest BCUT2D eigenvalue weighted by Crippen LogP contribution is 2.27. The fourth-order valence-electron chi connectivity index (χ4n) is 3.07. The molecule has 8 heteroatoms. The van der Waals surface area contributed by atoms with Crippen LogP contribution in [0.25, 0.3) is 0 Å². The summed E-state index contributed by atoms with van der Waals surface area (Å²) in [7, 11) is -4.15. The van der Waals surface area contributed by atoms with Crippen molar-refractivity contribution in [2.75, 3.05) is 13.1 Å². The molecule has 2 heterocycles. The summed E-state index contributed by atoms with van der Waals surface area (Å²) in [5.41, 5.74) is 0. The van der Waals surface area contributed by atoms with Gasteiger partial charge in [0.2, 0.25) is 10.0 Å². The first kappa shape index (κ1) is 17.0. The fraction of sp³-hybridized carbons (Fsp3) is 0.438. The number of nitrogens with zero attached hydrogens (tertiary/aromatic N) is 3. The van der Waals surface area contributed by atoms with Crippen molar-refractivity contribution in [1.29, 1.82) is 0 Å². The van der Waals surface area contributed by atoms with Crippen LogP contribution in [0.4, 0.5) is 8.78 Å². The SMILES string of the molecule is Cc1nccn1CC1CCN(S(=O)(=O)c2c(F)cccc2F)CC1. The van der Waals surface area contributed by atoms with E-state index in [1.807, 2.05) is 17.7 Å². The summed E-state index contributed by atoms with van der Waals surface area (Å²) in [6.45, 7) is 3.21. The van der Waals surface area contributed by atoms with Crippen molar-refractivity contribution in [2.45, 2.75) is 31.2 Å². The van der Waals surface area contributed by atoms with Crippen molar-refractivity contribution >= 4 is 10.0 Å². The highest BCUT2D eigenvalue weighted by atomic mass is 32.2. The van der Waals surface area contributed by atoms with E-state index in [-0.39, 0.29) is 13.1 Å². The molecule has 0 spiro atoms. The molecule has 0 aliphatic carbocycles. The fourth-order valence-corrected chi connectivity index (χ4v) is 4.64. The predicted molar refractivity (Wildman–Crippen MR) is 84.8 cm³/mol. The molecule has 0 bridgehead atoms. The van der Waals surface area contributed by atoms with Crippen LogP contribution in [-0.2, 0) is 16.6 Å². The monoisotopic (exact) mass is 355 g/mol. The Balaban J connectivity index is 1.71. The van der Waals surface area contributed by atoms with Gasteiger partial charge in [0.15, 0.2) is 4.90 Å². The maximum absolute atomic E-state index is 13.8. The summed E-state index contributed by atoms with van der Waals surface area (Å²) in [4.78, 5) is 3.32. The van der Waals surface area contributed by atoms with Gasteiger partial charge in [0.25, 0.3) is 0 Å². The quantitative estimate of drug-likeness (QED) is 0.847. The number of piperidine rings is 1. The number of rotatable bonds is 4. The molecule has 24 heavy (non-hydrogen) atoms. The molecule has 0 atom stereocenters. The first-order valence-corrected chi connectivity index (χ1v) is 9.25. The Hall–Kier alpha value is -1.80. The van der Waals surface area contributed by atoms with Crippen LogP contribution in [0, 0.1) is 24.5 Å². The minimum Gasteiger partial charge on any atom is -0.335 e. The van der Waals surface area contributed by atoms with E-state index >= 15 is 0 Å². The van der Waals surface area contributed by atoms with Crippen LogP contribution < -0.4 is 0 Å². The molecule has 2 aromatic rings. The highest BCUT2D eigenvalue weighted by Gasteiger charge is 2.33. The molecule has 1 fully saturated rings. The van der Waals surface area contributed by atoms with E-state index < -0.39 is 26.6 Å². The molecule has 0 radical (unpaired) electrons. The molecule has 1 aromatic heterocycles. The van der Waals surface area contributed by atoms with Crippen molar-refractivity contribution in [3.8, 4) is 0 Å². The van der Waals surface area contributed by atoms with Crippen molar-refractivity contribution in [3.63, 3.8) is 0 Å². The lowest BCUT2D eigenvalue weighted by Crippen LogP contribution is -2.40. The van der Waals surface area contributed by atoms with E-state index in [0.717, 1.165) is 30.6 Å². The van der Waals surface area contributed by atoms with E-state index in [0.29, 0.717) is 18.8 Å². The standard InChI is InChI=1S/C16H19F2N3O2S/c1-12-19-7-10-20(12)11-13-5-8-21(9-6-13)24(22,23)16-14(17)3-2-4-15(16)18/h2-4,7,10,13H,5-6,8-9,11H2,1H3. The summed E-state index contributed by atoms with van der Waals surface area (Å²) in [5.74, 6) is -0.870. The van der Waals surface area contributed by atoms with Crippen molar-refractivity contribution in [2.24, 2.45) is 5.92 Å².